The van der Waals surface area contributed by atoms with Gasteiger partial charge in [0.25, 0.3) is 0 Å². The van der Waals surface area contributed by atoms with Crippen LogP contribution in [0.3, 0.4) is 0 Å². The average molecular weight is 283 g/mol. The molecule has 2 N–H and O–H groups in total. The summed E-state index contributed by atoms with van der Waals surface area (Å²) in [5, 5.41) is 12.6. The summed E-state index contributed by atoms with van der Waals surface area (Å²) < 4.78 is 0. The highest BCUT2D eigenvalue weighted by atomic mass is 35.5. The van der Waals surface area contributed by atoms with Crippen molar-refractivity contribution in [2.45, 2.75) is 6.54 Å². The van der Waals surface area contributed by atoms with Gasteiger partial charge in [-0.25, -0.2) is 0 Å². The van der Waals surface area contributed by atoms with Gasteiger partial charge in [0, 0.05) is 38.1 Å². The molecule has 1 aromatic carbocycles. The Bertz CT molecular complexity index is 448. The van der Waals surface area contributed by atoms with Gasteiger partial charge >= 0.3 is 5.97 Å². The van der Waals surface area contributed by atoms with Crippen molar-refractivity contribution in [3.8, 4) is 0 Å². The monoisotopic (exact) mass is 282 g/mol. The summed E-state index contributed by atoms with van der Waals surface area (Å²) in [5.41, 5.74) is 1.23. The van der Waals surface area contributed by atoms with Crippen LogP contribution in [0, 0.1) is 11.3 Å². The Morgan fingerprint density at radius 2 is 2.05 bits per heavy atom. The number of rotatable bonds is 3. The van der Waals surface area contributed by atoms with Crippen LogP contribution in [0.25, 0.3) is 0 Å². The number of carboxylic acids is 1. The number of halogens is 1. The molecule has 2 heterocycles. The smallest absolute Gasteiger partial charge is 0.308 e. The molecule has 0 aromatic heterocycles. The fourth-order valence-corrected chi connectivity index (χ4v) is 3.18. The third-order valence-electron chi connectivity index (χ3n) is 4.22. The summed E-state index contributed by atoms with van der Waals surface area (Å²) in [4.78, 5) is 13.6. The summed E-state index contributed by atoms with van der Waals surface area (Å²) in [6.45, 7) is 4.11. The van der Waals surface area contributed by atoms with Gasteiger partial charge < -0.3 is 10.4 Å². The number of carboxylic acid groups (broad SMARTS) is 1. The topological polar surface area (TPSA) is 52.6 Å². The SMILES string of the molecule is Cl.O=C(O)[C@@H]1CN(Cc2ccccc2)CC12CNC2. The molecule has 0 radical (unpaired) electrons. The van der Waals surface area contributed by atoms with E-state index in [0.717, 1.165) is 26.2 Å². The van der Waals surface area contributed by atoms with Gasteiger partial charge in [-0.2, -0.15) is 0 Å². The van der Waals surface area contributed by atoms with Crippen LogP contribution < -0.4 is 5.32 Å². The molecule has 104 valence electrons. The van der Waals surface area contributed by atoms with Crippen molar-refractivity contribution in [1.29, 1.82) is 0 Å². The third-order valence-corrected chi connectivity index (χ3v) is 4.22. The zero-order chi connectivity index (χ0) is 12.6. The molecule has 1 spiro atoms. The maximum atomic E-state index is 11.4. The number of hydrogen-bond donors (Lipinski definition) is 2. The van der Waals surface area contributed by atoms with E-state index in [2.05, 4.69) is 22.3 Å². The molecule has 2 fully saturated rings. The molecular formula is C14H19ClN2O2. The van der Waals surface area contributed by atoms with E-state index in [1.165, 1.54) is 5.56 Å². The van der Waals surface area contributed by atoms with Crippen LogP contribution in [-0.4, -0.2) is 42.2 Å². The molecule has 19 heavy (non-hydrogen) atoms. The first kappa shape index (κ1) is 14.3. The van der Waals surface area contributed by atoms with Crippen molar-refractivity contribution in [2.24, 2.45) is 11.3 Å². The number of carbonyl (C=O) groups is 1. The molecule has 0 amide bonds. The van der Waals surface area contributed by atoms with Gasteiger partial charge in [0.2, 0.25) is 0 Å². The first-order valence-electron chi connectivity index (χ1n) is 6.39. The third kappa shape index (κ3) is 2.61. The van der Waals surface area contributed by atoms with E-state index in [-0.39, 0.29) is 23.7 Å². The van der Waals surface area contributed by atoms with Crippen molar-refractivity contribution in [2.75, 3.05) is 26.2 Å². The zero-order valence-corrected chi connectivity index (χ0v) is 11.5. The van der Waals surface area contributed by atoms with Crippen molar-refractivity contribution in [3.63, 3.8) is 0 Å². The summed E-state index contributed by atoms with van der Waals surface area (Å²) in [7, 11) is 0. The number of nitrogens with one attached hydrogen (secondary N) is 1. The van der Waals surface area contributed by atoms with Gasteiger partial charge in [0.15, 0.2) is 0 Å². The van der Waals surface area contributed by atoms with Gasteiger partial charge in [0.05, 0.1) is 5.92 Å². The Morgan fingerprint density at radius 1 is 1.37 bits per heavy atom. The van der Waals surface area contributed by atoms with Crippen LogP contribution >= 0.6 is 12.4 Å². The summed E-state index contributed by atoms with van der Waals surface area (Å²) in [6, 6.07) is 10.3. The lowest BCUT2D eigenvalue weighted by atomic mass is 9.73. The van der Waals surface area contributed by atoms with Crippen molar-refractivity contribution >= 4 is 18.4 Å². The highest BCUT2D eigenvalue weighted by Gasteiger charge is 2.53. The number of benzene rings is 1. The minimum atomic E-state index is -0.646. The quantitative estimate of drug-likeness (QED) is 0.875. The molecule has 5 heteroatoms. The molecule has 3 rings (SSSR count). The largest absolute Gasteiger partial charge is 0.481 e. The Labute approximate surface area is 119 Å². The lowest BCUT2D eigenvalue weighted by Crippen LogP contribution is -2.59. The van der Waals surface area contributed by atoms with Crippen LogP contribution in [0.4, 0.5) is 0 Å². The second-order valence-corrected chi connectivity index (χ2v) is 5.51. The van der Waals surface area contributed by atoms with E-state index in [1.54, 1.807) is 0 Å². The van der Waals surface area contributed by atoms with Crippen LogP contribution in [0.2, 0.25) is 0 Å². The van der Waals surface area contributed by atoms with Gasteiger partial charge in [-0.3, -0.25) is 9.69 Å². The van der Waals surface area contributed by atoms with E-state index in [4.69, 9.17) is 0 Å². The molecular weight excluding hydrogens is 264 g/mol. The van der Waals surface area contributed by atoms with Crippen LogP contribution in [0.1, 0.15) is 5.56 Å². The lowest BCUT2D eigenvalue weighted by Gasteiger charge is -2.42. The molecule has 0 aliphatic carbocycles. The predicted octanol–water partition coefficient (Wildman–Crippen LogP) is 1.21. The number of likely N-dealkylation sites (tertiary alicyclic amines) is 1. The van der Waals surface area contributed by atoms with Gasteiger partial charge in [-0.15, -0.1) is 12.4 Å². The normalized spacial score (nSPS) is 24.7. The number of hydrogen-bond acceptors (Lipinski definition) is 3. The van der Waals surface area contributed by atoms with E-state index in [9.17, 15) is 9.90 Å². The van der Waals surface area contributed by atoms with E-state index in [1.807, 2.05) is 18.2 Å². The second kappa shape index (κ2) is 5.49. The van der Waals surface area contributed by atoms with Crippen molar-refractivity contribution < 1.29 is 9.90 Å². The zero-order valence-electron chi connectivity index (χ0n) is 10.7. The molecule has 0 bridgehead atoms. The van der Waals surface area contributed by atoms with Gasteiger partial charge in [0.1, 0.15) is 0 Å². The van der Waals surface area contributed by atoms with E-state index in [0.29, 0.717) is 6.54 Å². The Balaban J connectivity index is 0.00000133. The Hall–Kier alpha value is -1.10. The first-order chi connectivity index (χ1) is 8.70. The Kier molecular flexibility index (Phi) is 4.13. The Morgan fingerprint density at radius 3 is 2.53 bits per heavy atom. The lowest BCUT2D eigenvalue weighted by molar-refractivity contribution is -0.145. The highest BCUT2D eigenvalue weighted by Crippen LogP contribution is 2.40. The standard InChI is InChI=1S/C14H18N2O2.ClH/c17-13(18)12-7-16(10-14(12)8-15-9-14)6-11-4-2-1-3-5-11;/h1-5,12,15H,6-10H2,(H,17,18);1H/t12-;/m0./s1. The van der Waals surface area contributed by atoms with Crippen LogP contribution in [-0.2, 0) is 11.3 Å². The van der Waals surface area contributed by atoms with Crippen molar-refractivity contribution in [1.82, 2.24) is 10.2 Å². The fourth-order valence-electron chi connectivity index (χ4n) is 3.18. The van der Waals surface area contributed by atoms with Gasteiger partial charge in [-0.1, -0.05) is 30.3 Å². The minimum Gasteiger partial charge on any atom is -0.481 e. The first-order valence-corrected chi connectivity index (χ1v) is 6.39. The fraction of sp³-hybridized carbons (Fsp3) is 0.500. The molecule has 0 unspecified atom stereocenters. The molecule has 4 nitrogen and oxygen atoms in total. The van der Waals surface area contributed by atoms with E-state index < -0.39 is 5.97 Å². The molecule has 2 aliphatic rings. The molecule has 0 saturated carbocycles. The summed E-state index contributed by atoms with van der Waals surface area (Å²) in [5.74, 6) is -0.866. The maximum Gasteiger partial charge on any atom is 0.308 e. The molecule has 1 atom stereocenters. The van der Waals surface area contributed by atoms with Crippen LogP contribution in [0.5, 0.6) is 0 Å². The van der Waals surface area contributed by atoms with Gasteiger partial charge in [-0.05, 0) is 5.56 Å². The number of nitrogens with zero attached hydrogens (tertiary/aromatic N) is 1. The van der Waals surface area contributed by atoms with Crippen LogP contribution in [0.15, 0.2) is 30.3 Å². The predicted molar refractivity (Wildman–Crippen MR) is 75.4 cm³/mol. The second-order valence-electron chi connectivity index (χ2n) is 5.51. The average Bonchev–Trinajstić information content (AvgIpc) is 2.70. The minimum absolute atomic E-state index is 0. The number of aliphatic carboxylic acids is 1. The summed E-state index contributed by atoms with van der Waals surface area (Å²) in [6.07, 6.45) is 0. The van der Waals surface area contributed by atoms with Crippen molar-refractivity contribution in [3.05, 3.63) is 35.9 Å². The highest BCUT2D eigenvalue weighted by molar-refractivity contribution is 5.85. The molecule has 2 saturated heterocycles. The molecule has 2 aliphatic heterocycles. The van der Waals surface area contributed by atoms with E-state index >= 15 is 0 Å². The summed E-state index contributed by atoms with van der Waals surface area (Å²) >= 11 is 0. The molecule has 1 aromatic rings. The maximum absolute atomic E-state index is 11.4.